The highest BCUT2D eigenvalue weighted by molar-refractivity contribution is 5.48. The van der Waals surface area contributed by atoms with E-state index in [1.165, 1.54) is 17.7 Å². The number of fused-ring (bicyclic) bond motifs is 1. The molecule has 0 spiro atoms. The quantitative estimate of drug-likeness (QED) is 0.820. The first-order chi connectivity index (χ1) is 7.85. The van der Waals surface area contributed by atoms with Gasteiger partial charge in [-0.1, -0.05) is 0 Å². The number of hydrogen-bond acceptors (Lipinski definition) is 4. The van der Waals surface area contributed by atoms with Gasteiger partial charge in [-0.05, 0) is 26.2 Å². The van der Waals surface area contributed by atoms with Gasteiger partial charge in [-0.3, -0.25) is 0 Å². The molecule has 0 aromatic carbocycles. The van der Waals surface area contributed by atoms with Crippen molar-refractivity contribution in [1.82, 2.24) is 9.97 Å². The van der Waals surface area contributed by atoms with Gasteiger partial charge in [-0.15, -0.1) is 0 Å². The SMILES string of the molecule is CCNc1nc(CCOC)nc2c1CCC2. The monoisotopic (exact) mass is 221 g/mol. The third-order valence-corrected chi connectivity index (χ3v) is 2.85. The molecular weight excluding hydrogens is 202 g/mol. The molecule has 1 N–H and O–H groups in total. The van der Waals surface area contributed by atoms with E-state index in [9.17, 15) is 0 Å². The van der Waals surface area contributed by atoms with E-state index in [1.807, 2.05) is 0 Å². The van der Waals surface area contributed by atoms with Gasteiger partial charge in [0, 0.05) is 31.3 Å². The van der Waals surface area contributed by atoms with Crippen LogP contribution >= 0.6 is 0 Å². The smallest absolute Gasteiger partial charge is 0.133 e. The second kappa shape index (κ2) is 5.25. The summed E-state index contributed by atoms with van der Waals surface area (Å²) in [6.45, 7) is 3.69. The van der Waals surface area contributed by atoms with E-state index >= 15 is 0 Å². The molecule has 4 nitrogen and oxygen atoms in total. The molecule has 0 amide bonds. The molecule has 0 radical (unpaired) electrons. The minimum absolute atomic E-state index is 0.685. The van der Waals surface area contributed by atoms with Gasteiger partial charge in [0.05, 0.1) is 6.61 Å². The molecule has 0 unspecified atom stereocenters. The number of aromatic nitrogens is 2. The van der Waals surface area contributed by atoms with Crippen molar-refractivity contribution in [1.29, 1.82) is 0 Å². The van der Waals surface area contributed by atoms with E-state index < -0.39 is 0 Å². The van der Waals surface area contributed by atoms with Gasteiger partial charge in [0.1, 0.15) is 11.6 Å². The Labute approximate surface area is 96.4 Å². The first kappa shape index (κ1) is 11.3. The summed E-state index contributed by atoms with van der Waals surface area (Å²) < 4.78 is 5.06. The largest absolute Gasteiger partial charge is 0.384 e. The first-order valence-electron chi connectivity index (χ1n) is 5.96. The Kier molecular flexibility index (Phi) is 3.72. The number of nitrogens with zero attached hydrogens (tertiary/aromatic N) is 2. The minimum Gasteiger partial charge on any atom is -0.384 e. The van der Waals surface area contributed by atoms with Crippen molar-refractivity contribution in [2.75, 3.05) is 25.6 Å². The Bertz CT molecular complexity index is 366. The second-order valence-electron chi connectivity index (χ2n) is 4.04. The van der Waals surface area contributed by atoms with E-state index in [2.05, 4.69) is 22.2 Å². The fraction of sp³-hybridized carbons (Fsp3) is 0.667. The van der Waals surface area contributed by atoms with Crippen molar-refractivity contribution in [3.8, 4) is 0 Å². The van der Waals surface area contributed by atoms with E-state index in [1.54, 1.807) is 7.11 Å². The van der Waals surface area contributed by atoms with Crippen LogP contribution in [-0.2, 0) is 24.0 Å². The van der Waals surface area contributed by atoms with Crippen LogP contribution in [0.4, 0.5) is 5.82 Å². The number of anilines is 1. The maximum atomic E-state index is 5.06. The third-order valence-electron chi connectivity index (χ3n) is 2.85. The minimum atomic E-state index is 0.685. The molecule has 88 valence electrons. The van der Waals surface area contributed by atoms with Gasteiger partial charge in [0.25, 0.3) is 0 Å². The molecule has 1 aliphatic rings. The van der Waals surface area contributed by atoms with Gasteiger partial charge in [0.2, 0.25) is 0 Å². The van der Waals surface area contributed by atoms with Crippen LogP contribution in [0.2, 0.25) is 0 Å². The van der Waals surface area contributed by atoms with Crippen molar-refractivity contribution in [2.45, 2.75) is 32.6 Å². The maximum Gasteiger partial charge on any atom is 0.133 e. The fourth-order valence-electron chi connectivity index (χ4n) is 2.10. The molecule has 1 aliphatic carbocycles. The van der Waals surface area contributed by atoms with Crippen molar-refractivity contribution >= 4 is 5.82 Å². The molecule has 1 heterocycles. The van der Waals surface area contributed by atoms with Gasteiger partial charge < -0.3 is 10.1 Å². The van der Waals surface area contributed by atoms with Gasteiger partial charge in [0.15, 0.2) is 0 Å². The lowest BCUT2D eigenvalue weighted by Gasteiger charge is -2.10. The highest BCUT2D eigenvalue weighted by Crippen LogP contribution is 2.26. The van der Waals surface area contributed by atoms with Gasteiger partial charge in [-0.2, -0.15) is 0 Å². The van der Waals surface area contributed by atoms with Crippen LogP contribution in [0.25, 0.3) is 0 Å². The molecule has 1 aromatic heterocycles. The van der Waals surface area contributed by atoms with Crippen molar-refractivity contribution in [3.63, 3.8) is 0 Å². The number of ether oxygens (including phenoxy) is 1. The van der Waals surface area contributed by atoms with E-state index in [0.717, 1.165) is 37.4 Å². The zero-order chi connectivity index (χ0) is 11.4. The zero-order valence-electron chi connectivity index (χ0n) is 10.0. The zero-order valence-corrected chi connectivity index (χ0v) is 10.0. The molecule has 0 bridgehead atoms. The molecule has 2 rings (SSSR count). The standard InChI is InChI=1S/C12H19N3O/c1-3-13-12-9-5-4-6-10(9)14-11(15-12)7-8-16-2/h3-8H2,1-2H3,(H,13,14,15). The van der Waals surface area contributed by atoms with Crippen LogP contribution in [-0.4, -0.2) is 30.2 Å². The Hall–Kier alpha value is -1.16. The molecule has 0 aliphatic heterocycles. The molecule has 0 saturated heterocycles. The van der Waals surface area contributed by atoms with E-state index in [4.69, 9.17) is 4.74 Å². The number of hydrogen-bond donors (Lipinski definition) is 1. The summed E-state index contributed by atoms with van der Waals surface area (Å²) in [5.74, 6) is 1.94. The predicted octanol–water partition coefficient (Wildman–Crippen LogP) is 1.59. The molecule has 0 atom stereocenters. The molecular formula is C12H19N3O. The Morgan fingerprint density at radius 2 is 2.19 bits per heavy atom. The van der Waals surface area contributed by atoms with Crippen LogP contribution in [0, 0.1) is 0 Å². The summed E-state index contributed by atoms with van der Waals surface area (Å²) in [5, 5.41) is 3.33. The summed E-state index contributed by atoms with van der Waals surface area (Å²) in [6, 6.07) is 0. The molecule has 0 saturated carbocycles. The lowest BCUT2D eigenvalue weighted by Crippen LogP contribution is -2.09. The molecule has 0 fully saturated rings. The third kappa shape index (κ3) is 2.32. The van der Waals surface area contributed by atoms with Crippen molar-refractivity contribution in [3.05, 3.63) is 17.1 Å². The number of rotatable bonds is 5. The Morgan fingerprint density at radius 3 is 2.94 bits per heavy atom. The van der Waals surface area contributed by atoms with E-state index in [0.29, 0.717) is 6.61 Å². The van der Waals surface area contributed by atoms with Crippen molar-refractivity contribution < 1.29 is 4.74 Å². The molecule has 1 aromatic rings. The lowest BCUT2D eigenvalue weighted by molar-refractivity contribution is 0.200. The average Bonchev–Trinajstić information content (AvgIpc) is 2.75. The summed E-state index contributed by atoms with van der Waals surface area (Å²) in [7, 11) is 1.71. The topological polar surface area (TPSA) is 47.0 Å². The number of methoxy groups -OCH3 is 1. The number of nitrogens with one attached hydrogen (secondary N) is 1. The summed E-state index contributed by atoms with van der Waals surface area (Å²) in [4.78, 5) is 9.17. The summed E-state index contributed by atoms with van der Waals surface area (Å²) in [5.41, 5.74) is 2.56. The maximum absolute atomic E-state index is 5.06. The highest BCUT2D eigenvalue weighted by Gasteiger charge is 2.18. The Morgan fingerprint density at radius 1 is 1.31 bits per heavy atom. The van der Waals surface area contributed by atoms with Gasteiger partial charge in [-0.25, -0.2) is 9.97 Å². The highest BCUT2D eigenvalue weighted by atomic mass is 16.5. The molecule has 4 heteroatoms. The summed E-state index contributed by atoms with van der Waals surface area (Å²) >= 11 is 0. The van der Waals surface area contributed by atoms with Gasteiger partial charge >= 0.3 is 0 Å². The van der Waals surface area contributed by atoms with Crippen LogP contribution in [0.15, 0.2) is 0 Å². The normalized spacial score (nSPS) is 13.9. The molecule has 16 heavy (non-hydrogen) atoms. The Balaban J connectivity index is 2.24. The van der Waals surface area contributed by atoms with E-state index in [-0.39, 0.29) is 0 Å². The lowest BCUT2D eigenvalue weighted by atomic mass is 10.2. The fourth-order valence-corrected chi connectivity index (χ4v) is 2.10. The van der Waals surface area contributed by atoms with Crippen LogP contribution in [0.5, 0.6) is 0 Å². The predicted molar refractivity (Wildman–Crippen MR) is 63.8 cm³/mol. The first-order valence-corrected chi connectivity index (χ1v) is 5.96. The van der Waals surface area contributed by atoms with Crippen LogP contribution in [0.1, 0.15) is 30.4 Å². The second-order valence-corrected chi connectivity index (χ2v) is 4.04. The van der Waals surface area contributed by atoms with Crippen molar-refractivity contribution in [2.24, 2.45) is 0 Å². The average molecular weight is 221 g/mol. The summed E-state index contributed by atoms with van der Waals surface area (Å²) in [6.07, 6.45) is 4.21. The van der Waals surface area contributed by atoms with Crippen LogP contribution in [0.3, 0.4) is 0 Å². The van der Waals surface area contributed by atoms with Crippen LogP contribution < -0.4 is 5.32 Å². The number of aryl methyl sites for hydroxylation is 1.